The van der Waals surface area contributed by atoms with Crippen molar-refractivity contribution in [3.05, 3.63) is 28.0 Å². The maximum absolute atomic E-state index is 10.8. The lowest BCUT2D eigenvalue weighted by molar-refractivity contribution is 0.177. The summed E-state index contributed by atoms with van der Waals surface area (Å²) in [5.74, 6) is 0. The van der Waals surface area contributed by atoms with E-state index in [0.717, 1.165) is 5.56 Å². The fourth-order valence-electron chi connectivity index (χ4n) is 1.19. The van der Waals surface area contributed by atoms with Crippen molar-refractivity contribution in [1.82, 2.24) is 10.3 Å². The predicted octanol–water partition coefficient (Wildman–Crippen LogP) is 2.17. The summed E-state index contributed by atoms with van der Waals surface area (Å²) in [6.45, 7) is 0.290. The summed E-state index contributed by atoms with van der Waals surface area (Å²) in [7, 11) is 0. The topological polar surface area (TPSA) is 51.2 Å². The lowest BCUT2D eigenvalue weighted by atomic mass is 10.1. The number of alkyl carbamates (subject to hydrolysis) is 1. The van der Waals surface area contributed by atoms with Gasteiger partial charge in [0.05, 0.1) is 11.1 Å². The van der Waals surface area contributed by atoms with E-state index in [0.29, 0.717) is 11.6 Å². The molecule has 1 aliphatic heterocycles. The van der Waals surface area contributed by atoms with Gasteiger partial charge in [0, 0.05) is 6.20 Å². The normalized spacial score (nSPS) is 20.4. The highest BCUT2D eigenvalue weighted by atomic mass is 35.5. The van der Waals surface area contributed by atoms with Crippen molar-refractivity contribution in [3.63, 3.8) is 0 Å². The van der Waals surface area contributed by atoms with Crippen molar-refractivity contribution in [3.8, 4) is 0 Å². The molecule has 0 radical (unpaired) electrons. The van der Waals surface area contributed by atoms with Crippen molar-refractivity contribution in [1.29, 1.82) is 0 Å². The van der Waals surface area contributed by atoms with Gasteiger partial charge in [0.2, 0.25) is 0 Å². The third-order valence-electron chi connectivity index (χ3n) is 1.89. The molecule has 1 atom stereocenters. The molecule has 1 amide bonds. The number of aromatic nitrogens is 1. The molecule has 1 aromatic rings. The summed E-state index contributed by atoms with van der Waals surface area (Å²) in [5, 5.41) is 3.23. The molecule has 1 fully saturated rings. The molecule has 2 heterocycles. The zero-order valence-corrected chi connectivity index (χ0v) is 8.47. The van der Waals surface area contributed by atoms with Gasteiger partial charge in [-0.15, -0.1) is 0 Å². The first kappa shape index (κ1) is 9.55. The van der Waals surface area contributed by atoms with Crippen LogP contribution in [0.5, 0.6) is 0 Å². The average Bonchev–Trinajstić information content (AvgIpc) is 2.57. The van der Waals surface area contributed by atoms with Gasteiger partial charge in [0.25, 0.3) is 0 Å². The second-order valence-electron chi connectivity index (χ2n) is 2.84. The Kier molecular flexibility index (Phi) is 2.48. The van der Waals surface area contributed by atoms with Crippen molar-refractivity contribution in [2.24, 2.45) is 0 Å². The number of carbonyl (C=O) groups excluding carboxylic acids is 1. The zero-order chi connectivity index (χ0) is 10.1. The monoisotopic (exact) mass is 232 g/mol. The number of pyridine rings is 1. The van der Waals surface area contributed by atoms with E-state index in [1.165, 1.54) is 0 Å². The number of nitrogens with one attached hydrogen (secondary N) is 1. The van der Waals surface area contributed by atoms with Crippen molar-refractivity contribution in [2.75, 3.05) is 6.61 Å². The van der Waals surface area contributed by atoms with E-state index >= 15 is 0 Å². The Morgan fingerprint density at radius 1 is 1.57 bits per heavy atom. The maximum Gasteiger partial charge on any atom is 0.407 e. The molecule has 1 aromatic heterocycles. The lowest BCUT2D eigenvalue weighted by Crippen LogP contribution is -2.18. The van der Waals surface area contributed by atoms with Crippen LogP contribution in [-0.2, 0) is 4.74 Å². The van der Waals surface area contributed by atoms with Gasteiger partial charge in [0.1, 0.15) is 11.8 Å². The van der Waals surface area contributed by atoms with Crippen molar-refractivity contribution in [2.45, 2.75) is 6.04 Å². The molecule has 14 heavy (non-hydrogen) atoms. The molecular weight excluding hydrogens is 227 g/mol. The molecular formula is C8H6Cl2N2O2. The number of carbonyl (C=O) groups is 1. The van der Waals surface area contributed by atoms with Gasteiger partial charge in [-0.2, -0.15) is 0 Å². The van der Waals surface area contributed by atoms with E-state index in [-0.39, 0.29) is 11.2 Å². The molecule has 4 nitrogen and oxygen atoms in total. The third-order valence-corrected chi connectivity index (χ3v) is 2.58. The van der Waals surface area contributed by atoms with E-state index in [9.17, 15) is 4.79 Å². The lowest BCUT2D eigenvalue weighted by Gasteiger charge is -2.07. The molecule has 0 bridgehead atoms. The molecule has 0 aliphatic carbocycles. The molecule has 2 rings (SSSR count). The molecule has 0 aromatic carbocycles. The largest absolute Gasteiger partial charge is 0.447 e. The number of halogens is 2. The average molecular weight is 233 g/mol. The molecule has 1 aliphatic rings. The maximum atomic E-state index is 10.8. The van der Waals surface area contributed by atoms with E-state index in [2.05, 4.69) is 10.3 Å². The number of amides is 1. The van der Waals surface area contributed by atoms with E-state index < -0.39 is 6.09 Å². The van der Waals surface area contributed by atoms with E-state index in [1.54, 1.807) is 12.3 Å². The van der Waals surface area contributed by atoms with Crippen LogP contribution < -0.4 is 5.32 Å². The second-order valence-corrected chi connectivity index (χ2v) is 3.60. The van der Waals surface area contributed by atoms with Crippen LogP contribution >= 0.6 is 23.2 Å². The number of hydrogen-bond acceptors (Lipinski definition) is 3. The Morgan fingerprint density at radius 3 is 2.93 bits per heavy atom. The van der Waals surface area contributed by atoms with Crippen LogP contribution in [0, 0.1) is 0 Å². The Bertz CT molecular complexity index is 384. The van der Waals surface area contributed by atoms with Gasteiger partial charge in [-0.05, 0) is 11.6 Å². The van der Waals surface area contributed by atoms with E-state index in [4.69, 9.17) is 27.9 Å². The number of ether oxygens (including phenoxy) is 1. The van der Waals surface area contributed by atoms with Crippen LogP contribution in [0.4, 0.5) is 4.79 Å². The Labute approximate surface area is 90.2 Å². The van der Waals surface area contributed by atoms with Gasteiger partial charge >= 0.3 is 6.09 Å². The van der Waals surface area contributed by atoms with Crippen LogP contribution in [0.15, 0.2) is 12.3 Å². The molecule has 0 saturated carbocycles. The SMILES string of the molecule is O=C1NC(c2cnc(Cl)c(Cl)c2)CO1. The first-order valence-corrected chi connectivity index (χ1v) is 4.66. The van der Waals surface area contributed by atoms with Gasteiger partial charge in [-0.3, -0.25) is 0 Å². The Hall–Kier alpha value is -1.00. The number of nitrogens with zero attached hydrogens (tertiary/aromatic N) is 1. The highest BCUT2D eigenvalue weighted by Crippen LogP contribution is 2.24. The van der Waals surface area contributed by atoms with Crippen LogP contribution in [0.25, 0.3) is 0 Å². The number of cyclic esters (lactones) is 1. The second kappa shape index (κ2) is 3.63. The molecule has 1 saturated heterocycles. The quantitative estimate of drug-likeness (QED) is 0.756. The number of hydrogen-bond donors (Lipinski definition) is 1. The first-order chi connectivity index (χ1) is 6.66. The molecule has 1 unspecified atom stereocenters. The molecule has 1 N–H and O–H groups in total. The highest BCUT2D eigenvalue weighted by Gasteiger charge is 2.24. The summed E-state index contributed by atoms with van der Waals surface area (Å²) < 4.78 is 4.74. The van der Waals surface area contributed by atoms with Crippen molar-refractivity contribution < 1.29 is 9.53 Å². The fourth-order valence-corrected chi connectivity index (χ4v) is 1.47. The summed E-state index contributed by atoms with van der Waals surface area (Å²) >= 11 is 11.4. The first-order valence-electron chi connectivity index (χ1n) is 3.91. The standard InChI is InChI=1S/C8H6Cl2N2O2/c9-5-1-4(2-11-7(5)10)6-3-14-8(13)12-6/h1-2,6H,3H2,(H,12,13). The minimum atomic E-state index is -0.430. The molecule has 0 spiro atoms. The smallest absolute Gasteiger partial charge is 0.407 e. The predicted molar refractivity (Wildman–Crippen MR) is 51.5 cm³/mol. The molecule has 74 valence electrons. The van der Waals surface area contributed by atoms with Crippen LogP contribution in [0.2, 0.25) is 10.2 Å². The molecule has 6 heteroatoms. The van der Waals surface area contributed by atoms with Crippen LogP contribution in [-0.4, -0.2) is 17.7 Å². The summed E-state index contributed by atoms with van der Waals surface area (Å²) in [5.41, 5.74) is 0.783. The Balaban J connectivity index is 2.24. The minimum Gasteiger partial charge on any atom is -0.447 e. The van der Waals surface area contributed by atoms with Crippen LogP contribution in [0.3, 0.4) is 0 Å². The number of rotatable bonds is 1. The summed E-state index contributed by atoms with van der Waals surface area (Å²) in [6, 6.07) is 1.47. The highest BCUT2D eigenvalue weighted by molar-refractivity contribution is 6.41. The Morgan fingerprint density at radius 2 is 2.36 bits per heavy atom. The van der Waals surface area contributed by atoms with Gasteiger partial charge in [-0.1, -0.05) is 23.2 Å². The van der Waals surface area contributed by atoms with Gasteiger partial charge in [-0.25, -0.2) is 9.78 Å². The minimum absolute atomic E-state index is 0.190. The summed E-state index contributed by atoms with van der Waals surface area (Å²) in [4.78, 5) is 14.6. The third kappa shape index (κ3) is 1.76. The van der Waals surface area contributed by atoms with Gasteiger partial charge < -0.3 is 10.1 Å². The summed E-state index contributed by atoms with van der Waals surface area (Å²) in [6.07, 6.45) is 1.13. The van der Waals surface area contributed by atoms with Crippen LogP contribution in [0.1, 0.15) is 11.6 Å². The fraction of sp³-hybridized carbons (Fsp3) is 0.250. The van der Waals surface area contributed by atoms with Gasteiger partial charge in [0.15, 0.2) is 0 Å². The zero-order valence-electron chi connectivity index (χ0n) is 6.96. The van der Waals surface area contributed by atoms with E-state index in [1.807, 2.05) is 0 Å². The van der Waals surface area contributed by atoms with Crippen molar-refractivity contribution >= 4 is 29.3 Å².